The van der Waals surface area contributed by atoms with Crippen molar-refractivity contribution in [3.63, 3.8) is 0 Å². The van der Waals surface area contributed by atoms with Crippen molar-refractivity contribution in [2.45, 2.75) is 24.7 Å². The Labute approximate surface area is 305 Å². The first-order valence-corrected chi connectivity index (χ1v) is 18.1. The molecule has 7 aromatic carbocycles. The second-order valence-corrected chi connectivity index (χ2v) is 14.5. The van der Waals surface area contributed by atoms with Crippen LogP contribution < -0.4 is 0 Å². The molecule has 0 N–H and O–H groups in total. The predicted molar refractivity (Wildman–Crippen MR) is 213 cm³/mol. The molecule has 1 heterocycles. The Morgan fingerprint density at radius 1 is 0.346 bits per heavy atom. The quantitative estimate of drug-likeness (QED) is 0.187. The van der Waals surface area contributed by atoms with Gasteiger partial charge in [-0.25, -0.2) is 0 Å². The first-order valence-electron chi connectivity index (χ1n) is 18.1. The van der Waals surface area contributed by atoms with Gasteiger partial charge >= 0.3 is 0 Å². The van der Waals surface area contributed by atoms with E-state index in [2.05, 4.69) is 196 Å². The average Bonchev–Trinajstić information content (AvgIpc) is 3.52. The summed E-state index contributed by atoms with van der Waals surface area (Å²) in [6.07, 6.45) is 0. The highest BCUT2D eigenvalue weighted by atomic mass is 15.1. The van der Waals surface area contributed by atoms with Crippen LogP contribution in [0.5, 0.6) is 0 Å². The molecule has 0 fully saturated rings. The van der Waals surface area contributed by atoms with Gasteiger partial charge in [0.2, 0.25) is 0 Å². The Morgan fingerprint density at radius 2 is 0.827 bits per heavy atom. The summed E-state index contributed by atoms with van der Waals surface area (Å²) in [5.74, 6) is 0. The summed E-state index contributed by atoms with van der Waals surface area (Å²) < 4.78 is 0. The van der Waals surface area contributed by atoms with Crippen LogP contribution >= 0.6 is 0 Å². The van der Waals surface area contributed by atoms with Crippen LogP contribution in [0.3, 0.4) is 0 Å². The molecule has 0 bridgehead atoms. The molecule has 2 aliphatic rings. The van der Waals surface area contributed by atoms with Crippen LogP contribution in [0.25, 0.3) is 55.9 Å². The van der Waals surface area contributed by atoms with Crippen LogP contribution in [0.2, 0.25) is 0 Å². The molecule has 0 atom stereocenters. The monoisotopic (exact) mass is 664 g/mol. The maximum absolute atomic E-state index is 5.04. The zero-order chi connectivity index (χ0) is 34.9. The van der Waals surface area contributed by atoms with E-state index in [1.54, 1.807) is 0 Å². The van der Waals surface area contributed by atoms with Gasteiger partial charge in [0.1, 0.15) is 5.69 Å². The molecule has 2 nitrogen and oxygen atoms in total. The van der Waals surface area contributed by atoms with E-state index in [-0.39, 0.29) is 5.41 Å². The van der Waals surface area contributed by atoms with E-state index < -0.39 is 5.41 Å². The van der Waals surface area contributed by atoms with Crippen molar-refractivity contribution in [3.8, 4) is 55.9 Å². The van der Waals surface area contributed by atoms with Crippen molar-refractivity contribution in [2.24, 2.45) is 0 Å². The predicted octanol–water partition coefficient (Wildman–Crippen LogP) is 12.1. The highest BCUT2D eigenvalue weighted by Crippen LogP contribution is 2.63. The fourth-order valence-electron chi connectivity index (χ4n) is 9.15. The van der Waals surface area contributed by atoms with Gasteiger partial charge in [0.05, 0.1) is 11.1 Å². The molecule has 1 spiro atoms. The highest BCUT2D eigenvalue weighted by Gasteiger charge is 2.53. The first kappa shape index (κ1) is 30.4. The lowest BCUT2D eigenvalue weighted by Crippen LogP contribution is -2.40. The Kier molecular flexibility index (Phi) is 6.78. The fourth-order valence-corrected chi connectivity index (χ4v) is 9.15. The van der Waals surface area contributed by atoms with E-state index in [0.29, 0.717) is 0 Å². The van der Waals surface area contributed by atoms with Gasteiger partial charge in [-0.05, 0) is 67.3 Å². The zero-order valence-electron chi connectivity index (χ0n) is 29.2. The second-order valence-electron chi connectivity index (χ2n) is 14.5. The Balaban J connectivity index is 1.20. The number of nitrogens with zero attached hydrogens (tertiary/aromatic N) is 2. The first-order chi connectivity index (χ1) is 25.6. The molecule has 2 aliphatic carbocycles. The molecule has 0 saturated heterocycles. The maximum atomic E-state index is 5.04. The third-order valence-electron chi connectivity index (χ3n) is 11.5. The molecular formula is C50H36N2. The van der Waals surface area contributed by atoms with E-state index in [9.17, 15) is 0 Å². The lowest BCUT2D eigenvalue weighted by molar-refractivity contribution is 0.563. The summed E-state index contributed by atoms with van der Waals surface area (Å²) in [7, 11) is 0. The van der Waals surface area contributed by atoms with E-state index in [1.165, 1.54) is 55.6 Å². The van der Waals surface area contributed by atoms with E-state index in [0.717, 1.165) is 33.6 Å². The van der Waals surface area contributed by atoms with Crippen molar-refractivity contribution in [1.29, 1.82) is 0 Å². The molecule has 10 rings (SSSR count). The molecule has 0 amide bonds. The molecule has 2 heteroatoms. The van der Waals surface area contributed by atoms with E-state index in [1.807, 2.05) is 0 Å². The summed E-state index contributed by atoms with van der Waals surface area (Å²) in [5.41, 5.74) is 18.4. The number of benzene rings is 7. The second kappa shape index (κ2) is 11.6. The normalized spacial score (nSPS) is 14.3. The molecule has 1 aromatic heterocycles. The molecular weight excluding hydrogens is 629 g/mol. The van der Waals surface area contributed by atoms with E-state index in [4.69, 9.17) is 10.2 Å². The molecule has 52 heavy (non-hydrogen) atoms. The molecule has 0 saturated carbocycles. The van der Waals surface area contributed by atoms with Gasteiger partial charge in [-0.15, -0.1) is 10.2 Å². The van der Waals surface area contributed by atoms with Crippen LogP contribution in [0.1, 0.15) is 47.2 Å². The average molecular weight is 665 g/mol. The molecule has 0 aliphatic heterocycles. The Hall–Kier alpha value is -6.38. The maximum Gasteiger partial charge on any atom is 0.101 e. The van der Waals surface area contributed by atoms with E-state index >= 15 is 0 Å². The zero-order valence-corrected chi connectivity index (χ0v) is 29.2. The van der Waals surface area contributed by atoms with Gasteiger partial charge < -0.3 is 0 Å². The van der Waals surface area contributed by atoms with Crippen molar-refractivity contribution >= 4 is 0 Å². The molecule has 0 radical (unpaired) electrons. The molecule has 0 unspecified atom stereocenters. The van der Waals surface area contributed by atoms with Crippen LogP contribution in [-0.4, -0.2) is 10.2 Å². The molecule has 8 aromatic rings. The summed E-state index contributed by atoms with van der Waals surface area (Å²) >= 11 is 0. The third-order valence-corrected chi connectivity index (χ3v) is 11.5. The van der Waals surface area contributed by atoms with Crippen LogP contribution in [0.4, 0.5) is 0 Å². The number of rotatable bonds is 4. The Morgan fingerprint density at radius 3 is 1.48 bits per heavy atom. The fraction of sp³-hybridized carbons (Fsp3) is 0.0800. The van der Waals surface area contributed by atoms with Crippen molar-refractivity contribution in [2.75, 3.05) is 0 Å². The number of hydrogen-bond donors (Lipinski definition) is 0. The summed E-state index contributed by atoms with van der Waals surface area (Å²) in [4.78, 5) is 0. The SMILES string of the molecule is CC1(C)c2ccccc2C2(c3ccccc3-c3c(-c4cc(-c5ccccc5)c(-c5ccc(-c6ccccc6)cc5)nn4)cccc32)c2ccccc21. The standard InChI is InChI=1S/C50H36N2/c1-49(2)41-23-11-13-25-43(41)50(44-26-14-12-24-42(44)49)40-22-10-9-20-37(40)47-38(21-15-27-45(47)50)46-32-39(35-18-7-4-8-19-35)48(52-51-46)36-30-28-34(29-31-36)33-16-5-3-6-17-33/h3-32H,1-2H3. The topological polar surface area (TPSA) is 25.8 Å². The van der Waals surface area contributed by atoms with Crippen molar-refractivity contribution in [1.82, 2.24) is 10.2 Å². The van der Waals surface area contributed by atoms with Crippen LogP contribution in [0.15, 0.2) is 182 Å². The van der Waals surface area contributed by atoms with Crippen LogP contribution in [0, 0.1) is 0 Å². The molecule has 246 valence electrons. The Bertz CT molecular complexity index is 2590. The summed E-state index contributed by atoms with van der Waals surface area (Å²) in [6, 6.07) is 66.0. The van der Waals surface area contributed by atoms with Crippen molar-refractivity contribution < 1.29 is 0 Å². The van der Waals surface area contributed by atoms with Gasteiger partial charge in [-0.3, -0.25) is 0 Å². The minimum absolute atomic E-state index is 0.140. The minimum Gasteiger partial charge on any atom is -0.150 e. The van der Waals surface area contributed by atoms with Gasteiger partial charge in [0.15, 0.2) is 0 Å². The summed E-state index contributed by atoms with van der Waals surface area (Å²) in [5, 5.41) is 10.1. The van der Waals surface area contributed by atoms with Gasteiger partial charge in [0.25, 0.3) is 0 Å². The number of fused-ring (bicyclic) bond motifs is 9. The lowest BCUT2D eigenvalue weighted by Gasteiger charge is -2.46. The lowest BCUT2D eigenvalue weighted by atomic mass is 9.55. The van der Waals surface area contributed by atoms with Gasteiger partial charge in [0, 0.05) is 22.1 Å². The third kappa shape index (κ3) is 4.31. The summed E-state index contributed by atoms with van der Waals surface area (Å²) in [6.45, 7) is 4.74. The number of aromatic nitrogens is 2. The number of hydrogen-bond acceptors (Lipinski definition) is 2. The van der Waals surface area contributed by atoms with Crippen LogP contribution in [-0.2, 0) is 10.8 Å². The largest absolute Gasteiger partial charge is 0.150 e. The smallest absolute Gasteiger partial charge is 0.101 e. The van der Waals surface area contributed by atoms with Gasteiger partial charge in [-0.2, -0.15) is 0 Å². The minimum atomic E-state index is -0.458. The van der Waals surface area contributed by atoms with Gasteiger partial charge in [-0.1, -0.05) is 190 Å². The van der Waals surface area contributed by atoms with Crippen molar-refractivity contribution in [3.05, 3.63) is 215 Å². The highest BCUT2D eigenvalue weighted by molar-refractivity contribution is 5.97.